The number of piperazine rings is 1. The van der Waals surface area contributed by atoms with E-state index in [0.29, 0.717) is 26.3 Å². The highest BCUT2D eigenvalue weighted by Crippen LogP contribution is 2.35. The second-order valence-corrected chi connectivity index (χ2v) is 9.34. The molecule has 1 saturated heterocycles. The first-order valence-corrected chi connectivity index (χ1v) is 12.6. The van der Waals surface area contributed by atoms with Gasteiger partial charge in [0.15, 0.2) is 0 Å². The Morgan fingerprint density at radius 2 is 1.94 bits per heavy atom. The van der Waals surface area contributed by atoms with Gasteiger partial charge in [0.25, 0.3) is 5.91 Å². The summed E-state index contributed by atoms with van der Waals surface area (Å²) in [4.78, 5) is 28.2. The highest BCUT2D eigenvalue weighted by molar-refractivity contribution is 7.20. The molecule has 34 heavy (non-hydrogen) atoms. The maximum absolute atomic E-state index is 13.5. The van der Waals surface area contributed by atoms with Crippen molar-refractivity contribution in [3.8, 4) is 5.75 Å². The number of amides is 1. The van der Waals surface area contributed by atoms with Crippen molar-refractivity contribution in [2.75, 3.05) is 56.7 Å². The number of fused-ring (bicyclic) bond motifs is 1. The predicted octanol–water partition coefficient (Wildman–Crippen LogP) is 4.20. The quantitative estimate of drug-likeness (QED) is 0.489. The van der Waals surface area contributed by atoms with Gasteiger partial charge in [0.1, 0.15) is 22.7 Å². The van der Waals surface area contributed by atoms with Gasteiger partial charge in [-0.2, -0.15) is 0 Å². The summed E-state index contributed by atoms with van der Waals surface area (Å²) in [6.07, 6.45) is 2.47. The van der Waals surface area contributed by atoms with E-state index in [1.54, 1.807) is 13.4 Å². The van der Waals surface area contributed by atoms with Gasteiger partial charge in [-0.05, 0) is 38.0 Å². The Hall–Kier alpha value is -2.91. The number of carbonyl (C=O) groups excluding carboxylic acids is 1. The Bertz CT molecular complexity index is 1130. The van der Waals surface area contributed by atoms with Crippen molar-refractivity contribution in [2.24, 2.45) is 0 Å². The number of rotatable bonds is 9. The van der Waals surface area contributed by atoms with Gasteiger partial charge in [0.05, 0.1) is 35.2 Å². The number of aryl methyl sites for hydroxylation is 1. The van der Waals surface area contributed by atoms with Crippen LogP contribution in [0.2, 0.25) is 0 Å². The van der Waals surface area contributed by atoms with Crippen LogP contribution in [0.5, 0.6) is 5.75 Å². The molecule has 1 fully saturated rings. The first kappa shape index (κ1) is 24.2. The van der Waals surface area contributed by atoms with Crippen LogP contribution in [0.25, 0.3) is 10.2 Å². The number of nitrogens with zero attached hydrogens (tertiary/aromatic N) is 4. The third-order valence-electron chi connectivity index (χ3n) is 6.20. The van der Waals surface area contributed by atoms with Crippen LogP contribution in [0.4, 0.5) is 11.5 Å². The molecule has 0 spiro atoms. The molecular weight excluding hydrogens is 450 g/mol. The van der Waals surface area contributed by atoms with E-state index in [2.05, 4.69) is 33.2 Å². The summed E-state index contributed by atoms with van der Waals surface area (Å²) >= 11 is 1.45. The zero-order chi connectivity index (χ0) is 24.1. The van der Waals surface area contributed by atoms with E-state index in [0.717, 1.165) is 57.4 Å². The minimum atomic E-state index is 0.0631. The molecule has 4 rings (SSSR count). The number of carbonyl (C=O) groups is 1. The van der Waals surface area contributed by atoms with Gasteiger partial charge in [-0.1, -0.05) is 19.1 Å². The van der Waals surface area contributed by atoms with Gasteiger partial charge < -0.3 is 24.6 Å². The van der Waals surface area contributed by atoms with E-state index in [1.807, 2.05) is 36.9 Å². The second-order valence-electron chi connectivity index (χ2n) is 8.34. The van der Waals surface area contributed by atoms with Crippen LogP contribution in [0.1, 0.15) is 35.5 Å². The van der Waals surface area contributed by atoms with Crippen LogP contribution in [-0.4, -0.2) is 73.3 Å². The average molecular weight is 484 g/mol. The first-order valence-electron chi connectivity index (χ1n) is 11.8. The molecule has 182 valence electrons. The first-order chi connectivity index (χ1) is 16.6. The molecule has 0 aliphatic carbocycles. The number of para-hydroxylation sites is 2. The smallest absolute Gasteiger partial charge is 0.264 e. The number of thiophene rings is 1. The molecule has 3 heterocycles. The maximum Gasteiger partial charge on any atom is 0.264 e. The Kier molecular flexibility index (Phi) is 7.84. The number of benzene rings is 1. The lowest BCUT2D eigenvalue weighted by Gasteiger charge is -2.36. The van der Waals surface area contributed by atoms with Crippen LogP contribution in [-0.2, 0) is 4.74 Å². The highest BCUT2D eigenvalue weighted by atomic mass is 32.1. The molecule has 9 heteroatoms. The van der Waals surface area contributed by atoms with Crippen molar-refractivity contribution < 1.29 is 14.3 Å². The second kappa shape index (κ2) is 11.0. The number of hydrogen-bond donors (Lipinski definition) is 1. The molecular formula is C25H33N5O3S. The molecule has 1 aromatic carbocycles. The van der Waals surface area contributed by atoms with Crippen molar-refractivity contribution >= 4 is 39.0 Å². The molecule has 0 bridgehead atoms. The van der Waals surface area contributed by atoms with Gasteiger partial charge >= 0.3 is 0 Å². The number of ether oxygens (including phenoxy) is 2. The topological polar surface area (TPSA) is 79.8 Å². The summed E-state index contributed by atoms with van der Waals surface area (Å²) < 4.78 is 11.1. The molecule has 1 aliphatic heterocycles. The monoisotopic (exact) mass is 483 g/mol. The van der Waals surface area contributed by atoms with E-state index in [1.165, 1.54) is 11.3 Å². The fourth-order valence-electron chi connectivity index (χ4n) is 4.33. The van der Waals surface area contributed by atoms with Crippen molar-refractivity contribution in [1.29, 1.82) is 0 Å². The van der Waals surface area contributed by atoms with Crippen molar-refractivity contribution in [3.05, 3.63) is 41.0 Å². The zero-order valence-electron chi connectivity index (χ0n) is 20.3. The molecule has 0 radical (unpaired) electrons. The van der Waals surface area contributed by atoms with Gasteiger partial charge in [-0.3, -0.25) is 4.79 Å². The fourth-order valence-corrected chi connectivity index (χ4v) is 5.45. The van der Waals surface area contributed by atoms with E-state index in [9.17, 15) is 4.79 Å². The molecule has 0 saturated carbocycles. The molecule has 1 amide bonds. The lowest BCUT2D eigenvalue weighted by Crippen LogP contribution is -2.48. The summed E-state index contributed by atoms with van der Waals surface area (Å²) in [7, 11) is 1.70. The molecule has 1 aliphatic rings. The Morgan fingerprint density at radius 3 is 2.65 bits per heavy atom. The van der Waals surface area contributed by atoms with Crippen LogP contribution >= 0.6 is 11.3 Å². The normalized spacial score (nSPS) is 14.9. The van der Waals surface area contributed by atoms with E-state index >= 15 is 0 Å². The minimum absolute atomic E-state index is 0.0631. The zero-order valence-corrected chi connectivity index (χ0v) is 21.2. The Balaban J connectivity index is 1.51. The third-order valence-corrected chi connectivity index (χ3v) is 7.38. The Morgan fingerprint density at radius 1 is 1.18 bits per heavy atom. The van der Waals surface area contributed by atoms with E-state index in [-0.39, 0.29) is 11.9 Å². The highest BCUT2D eigenvalue weighted by Gasteiger charge is 2.27. The fraction of sp³-hybridized carbons (Fsp3) is 0.480. The number of nitrogens with one attached hydrogen (secondary N) is 1. The summed E-state index contributed by atoms with van der Waals surface area (Å²) in [5, 5.41) is 4.40. The molecule has 8 nitrogen and oxygen atoms in total. The lowest BCUT2D eigenvalue weighted by atomic mass is 10.1. The average Bonchev–Trinajstić information content (AvgIpc) is 3.21. The maximum atomic E-state index is 13.5. The van der Waals surface area contributed by atoms with E-state index in [4.69, 9.17) is 9.47 Å². The molecule has 1 atom stereocenters. The lowest BCUT2D eigenvalue weighted by molar-refractivity contribution is 0.0751. The van der Waals surface area contributed by atoms with Crippen molar-refractivity contribution in [3.63, 3.8) is 0 Å². The molecule has 3 aromatic rings. The van der Waals surface area contributed by atoms with Crippen LogP contribution in [0.15, 0.2) is 30.6 Å². The van der Waals surface area contributed by atoms with Gasteiger partial charge in [-0.15, -0.1) is 11.3 Å². The van der Waals surface area contributed by atoms with Gasteiger partial charge in [0.2, 0.25) is 0 Å². The molecule has 1 N–H and O–H groups in total. The van der Waals surface area contributed by atoms with Crippen LogP contribution in [0.3, 0.4) is 0 Å². The summed E-state index contributed by atoms with van der Waals surface area (Å²) in [6.45, 7) is 10.2. The number of methoxy groups -OCH3 is 1. The molecule has 2 aromatic heterocycles. The summed E-state index contributed by atoms with van der Waals surface area (Å²) in [6, 6.07) is 8.24. The van der Waals surface area contributed by atoms with E-state index < -0.39 is 0 Å². The largest absolute Gasteiger partial charge is 0.492 e. The Labute approximate surface area is 204 Å². The summed E-state index contributed by atoms with van der Waals surface area (Å²) in [5.41, 5.74) is 2.02. The van der Waals surface area contributed by atoms with Crippen molar-refractivity contribution in [2.45, 2.75) is 33.2 Å². The standard InChI is InChI=1S/C25H33N5O3S/c1-5-18(15-32-4)28-23-21-17(3)22(34-24(21)27-16-26-23)25(31)30-13-11-29(12-14-30)19-9-7-8-10-20(19)33-6-2/h7-10,16,18H,5-6,11-15H2,1-4H3,(H,26,27,28)/t18-/m1/s1. The molecule has 0 unspecified atom stereocenters. The van der Waals surface area contributed by atoms with Crippen LogP contribution in [0, 0.1) is 6.92 Å². The SMILES string of the molecule is CCOc1ccccc1N1CCN(C(=O)c2sc3ncnc(N[C@H](CC)COC)c3c2C)CC1. The van der Waals surface area contributed by atoms with Crippen LogP contribution < -0.4 is 15.0 Å². The predicted molar refractivity (Wildman–Crippen MR) is 137 cm³/mol. The number of aromatic nitrogens is 2. The number of hydrogen-bond acceptors (Lipinski definition) is 8. The van der Waals surface area contributed by atoms with Crippen molar-refractivity contribution in [1.82, 2.24) is 14.9 Å². The number of anilines is 2. The van der Waals surface area contributed by atoms with Gasteiger partial charge in [0, 0.05) is 33.3 Å². The van der Waals surface area contributed by atoms with Gasteiger partial charge in [-0.25, -0.2) is 9.97 Å². The minimum Gasteiger partial charge on any atom is -0.492 e. The summed E-state index contributed by atoms with van der Waals surface area (Å²) in [5.74, 6) is 1.72. The third kappa shape index (κ3) is 4.95.